The van der Waals surface area contributed by atoms with Crippen molar-refractivity contribution in [2.24, 2.45) is 5.73 Å². The van der Waals surface area contributed by atoms with Crippen LogP contribution in [0, 0.1) is 5.82 Å². The van der Waals surface area contributed by atoms with Crippen LogP contribution in [0.4, 0.5) is 4.39 Å². The molecule has 1 aromatic rings. The predicted octanol–water partition coefficient (Wildman–Crippen LogP) is 0.916. The predicted molar refractivity (Wildman–Crippen MR) is 96.4 cm³/mol. The number of aliphatic carboxylic acids is 1. The van der Waals surface area contributed by atoms with Crippen molar-refractivity contribution >= 4 is 32.6 Å². The number of nitrogens with zero attached hydrogens (tertiary/aromatic N) is 1. The van der Waals surface area contributed by atoms with Gasteiger partial charge < -0.3 is 15.6 Å². The molecule has 1 saturated heterocycles. The molecule has 26 heavy (non-hydrogen) atoms. The number of methoxy groups -OCH3 is 1. The van der Waals surface area contributed by atoms with Crippen LogP contribution in [0.5, 0.6) is 5.75 Å². The molecule has 0 spiro atoms. The molecule has 3 N–H and O–H groups in total. The molecule has 6 nitrogen and oxygen atoms in total. The van der Waals surface area contributed by atoms with E-state index < -0.39 is 29.7 Å². The molecule has 0 aliphatic carbocycles. The number of nitrogens with two attached hydrogens (primary N) is 1. The van der Waals surface area contributed by atoms with E-state index in [0.29, 0.717) is 22.8 Å². The monoisotopic (exact) mass is 378 g/mol. The second-order valence-corrected chi connectivity index (χ2v) is 7.24. The van der Waals surface area contributed by atoms with Gasteiger partial charge in [0, 0.05) is 12.3 Å². The highest BCUT2D eigenvalue weighted by Gasteiger charge is 2.36. The van der Waals surface area contributed by atoms with E-state index in [-0.39, 0.29) is 12.2 Å². The molecule has 2 radical (unpaired) electrons. The standard InChI is InChI=1S/C18H24FN2O4.Al/c1-25-15-11-12(7-8-14(15)19)13(5-4-6-16(20)22)17(18(23)24)21-9-2-3-10-21;/h7,11,13,17H,2-6,9-10H2,1H3,(H2,20,22)(H,23,24);. The highest BCUT2D eigenvalue weighted by Crippen LogP contribution is 2.33. The van der Waals surface area contributed by atoms with Crippen molar-refractivity contribution in [2.75, 3.05) is 20.2 Å². The lowest BCUT2D eigenvalue weighted by molar-refractivity contribution is -0.144. The molecule has 1 fully saturated rings. The number of rotatable bonds is 9. The second kappa shape index (κ2) is 9.36. The van der Waals surface area contributed by atoms with Gasteiger partial charge in [0.1, 0.15) is 11.9 Å². The number of hydrogen-bond acceptors (Lipinski definition) is 4. The van der Waals surface area contributed by atoms with Crippen molar-refractivity contribution in [3.63, 3.8) is 0 Å². The van der Waals surface area contributed by atoms with Crippen LogP contribution < -0.4 is 14.9 Å². The lowest BCUT2D eigenvalue weighted by Crippen LogP contribution is -2.44. The van der Waals surface area contributed by atoms with Crippen LogP contribution in [0.1, 0.15) is 43.6 Å². The van der Waals surface area contributed by atoms with Crippen LogP contribution in [0.15, 0.2) is 12.1 Å². The van der Waals surface area contributed by atoms with Crippen molar-refractivity contribution in [3.05, 3.63) is 23.5 Å². The zero-order valence-corrected chi connectivity index (χ0v) is 16.1. The summed E-state index contributed by atoms with van der Waals surface area (Å²) in [6, 6.07) is 2.47. The van der Waals surface area contributed by atoms with Gasteiger partial charge in [-0.2, -0.15) is 0 Å². The molecular formula is C18H24AlFN2O4. The van der Waals surface area contributed by atoms with Crippen LogP contribution in [-0.4, -0.2) is 64.4 Å². The summed E-state index contributed by atoms with van der Waals surface area (Å²) in [7, 11) is 1.38. The minimum absolute atomic E-state index is 0.0814. The highest BCUT2D eigenvalue weighted by molar-refractivity contribution is 6.32. The summed E-state index contributed by atoms with van der Waals surface area (Å²) in [5.74, 6) is -2.12. The summed E-state index contributed by atoms with van der Waals surface area (Å²) in [5, 5.41) is 9.88. The smallest absolute Gasteiger partial charge is 0.321 e. The van der Waals surface area contributed by atoms with Crippen molar-refractivity contribution in [2.45, 2.75) is 44.1 Å². The van der Waals surface area contributed by atoms with Gasteiger partial charge in [-0.1, -0.05) is 6.07 Å². The van der Waals surface area contributed by atoms with Crippen LogP contribution in [0.2, 0.25) is 0 Å². The number of ether oxygens (including phenoxy) is 1. The Kier molecular flexibility index (Phi) is 7.45. The quantitative estimate of drug-likeness (QED) is 0.624. The number of amides is 1. The third-order valence-corrected chi connectivity index (χ3v) is 5.26. The molecule has 2 atom stereocenters. The van der Waals surface area contributed by atoms with Gasteiger partial charge in [0.05, 0.1) is 7.11 Å². The van der Waals surface area contributed by atoms with Gasteiger partial charge >= 0.3 is 5.97 Å². The molecule has 0 bridgehead atoms. The average molecular weight is 378 g/mol. The number of carbonyl (C=O) groups is 2. The largest absolute Gasteiger partial charge is 0.494 e. The summed E-state index contributed by atoms with van der Waals surface area (Å²) < 4.78 is 19.6. The van der Waals surface area contributed by atoms with Crippen molar-refractivity contribution in [1.29, 1.82) is 0 Å². The van der Waals surface area contributed by atoms with Gasteiger partial charge in [-0.15, -0.1) is 4.43 Å². The molecular weight excluding hydrogens is 354 g/mol. The fraction of sp³-hybridized carbons (Fsp3) is 0.556. The number of primary amides is 1. The van der Waals surface area contributed by atoms with E-state index in [9.17, 15) is 19.1 Å². The molecule has 140 valence electrons. The minimum Gasteiger partial charge on any atom is -0.494 e. The van der Waals surface area contributed by atoms with Crippen molar-refractivity contribution in [1.82, 2.24) is 4.90 Å². The SMILES string of the molecule is COc1cc(C(CCCC(N)=O)C(C(=O)O)N2CCCC2)c[c]([Al])c1F. The first kappa shape index (κ1) is 20.7. The maximum Gasteiger partial charge on any atom is 0.321 e. The van der Waals surface area contributed by atoms with Gasteiger partial charge in [0.2, 0.25) is 5.91 Å². The number of carboxylic acids is 1. The molecule has 0 aromatic heterocycles. The first-order valence-electron chi connectivity index (χ1n) is 8.73. The summed E-state index contributed by atoms with van der Waals surface area (Å²) in [6.45, 7) is 1.44. The van der Waals surface area contributed by atoms with Crippen LogP contribution in [0.25, 0.3) is 0 Å². The number of likely N-dealkylation sites (tertiary alicyclic amines) is 1. The highest BCUT2D eigenvalue weighted by atomic mass is 27.0. The number of carboxylic acid groups (broad SMARTS) is 1. The molecule has 1 heterocycles. The molecule has 1 aliphatic heterocycles. The van der Waals surface area contributed by atoms with E-state index in [4.69, 9.17) is 10.5 Å². The Hall–Kier alpha value is -1.62. The van der Waals surface area contributed by atoms with Gasteiger partial charge in [0.15, 0.2) is 22.0 Å². The summed E-state index contributed by atoms with van der Waals surface area (Å²) in [5.41, 5.74) is 5.92. The zero-order valence-electron chi connectivity index (χ0n) is 14.9. The normalized spacial score (nSPS) is 17.0. The molecule has 8 heteroatoms. The number of benzene rings is 1. The Bertz CT molecular complexity index is 665. The number of halogens is 1. The third kappa shape index (κ3) is 4.97. The van der Waals surface area contributed by atoms with E-state index in [0.717, 1.165) is 25.9 Å². The fourth-order valence-corrected chi connectivity index (χ4v) is 3.94. The first-order chi connectivity index (χ1) is 12.3. The topological polar surface area (TPSA) is 92.9 Å². The van der Waals surface area contributed by atoms with E-state index >= 15 is 0 Å². The molecule has 0 saturated carbocycles. The Labute approximate surface area is 160 Å². The summed E-state index contributed by atoms with van der Waals surface area (Å²) in [4.78, 5) is 25.1. The molecule has 1 amide bonds. The third-order valence-electron chi connectivity index (χ3n) is 4.84. The summed E-state index contributed by atoms with van der Waals surface area (Å²) >= 11 is 2.32. The second-order valence-electron chi connectivity index (χ2n) is 6.62. The first-order valence-corrected chi connectivity index (χ1v) is 9.31. The lowest BCUT2D eigenvalue weighted by atomic mass is 9.85. The van der Waals surface area contributed by atoms with Crippen LogP contribution in [-0.2, 0) is 9.59 Å². The average Bonchev–Trinajstić information content (AvgIpc) is 3.09. The van der Waals surface area contributed by atoms with E-state index in [1.54, 1.807) is 12.1 Å². The van der Waals surface area contributed by atoms with Gasteiger partial charge in [-0.25, -0.2) is 4.39 Å². The van der Waals surface area contributed by atoms with Crippen LogP contribution >= 0.6 is 0 Å². The fourth-order valence-electron chi connectivity index (χ4n) is 3.61. The van der Waals surface area contributed by atoms with Gasteiger partial charge in [0.25, 0.3) is 0 Å². The van der Waals surface area contributed by atoms with Crippen LogP contribution in [0.3, 0.4) is 0 Å². The maximum atomic E-state index is 14.1. The Morgan fingerprint density at radius 3 is 2.58 bits per heavy atom. The number of carbonyl (C=O) groups excluding carboxylic acids is 1. The number of hydrogen-bond donors (Lipinski definition) is 2. The minimum atomic E-state index is -0.912. The molecule has 2 unspecified atom stereocenters. The Morgan fingerprint density at radius 2 is 2.04 bits per heavy atom. The van der Waals surface area contributed by atoms with E-state index in [1.165, 1.54) is 7.11 Å². The van der Waals surface area contributed by atoms with Crippen molar-refractivity contribution in [3.8, 4) is 5.75 Å². The van der Waals surface area contributed by atoms with Crippen molar-refractivity contribution < 1.29 is 23.8 Å². The zero-order chi connectivity index (χ0) is 19.3. The Morgan fingerprint density at radius 1 is 1.38 bits per heavy atom. The van der Waals surface area contributed by atoms with Gasteiger partial charge in [-0.05, 0) is 50.4 Å². The van der Waals surface area contributed by atoms with Gasteiger partial charge in [-0.3, -0.25) is 14.5 Å². The molecule has 1 aromatic carbocycles. The molecule has 1 aliphatic rings. The maximum absolute atomic E-state index is 14.1. The Balaban J connectivity index is 2.40. The lowest BCUT2D eigenvalue weighted by Gasteiger charge is -2.32. The summed E-state index contributed by atoms with van der Waals surface area (Å²) in [6.07, 6.45) is 3.05. The van der Waals surface area contributed by atoms with E-state index in [1.807, 2.05) is 4.90 Å². The molecule has 2 rings (SSSR count). The van der Waals surface area contributed by atoms with E-state index in [2.05, 4.69) is 16.3 Å².